The van der Waals surface area contributed by atoms with E-state index in [-0.39, 0.29) is 17.6 Å². The molecule has 0 aliphatic rings. The lowest BCUT2D eigenvalue weighted by Gasteiger charge is -2.11. The van der Waals surface area contributed by atoms with E-state index in [0.29, 0.717) is 28.0 Å². The van der Waals surface area contributed by atoms with Gasteiger partial charge in [0.15, 0.2) is 5.65 Å². The molecule has 0 saturated carbocycles. The van der Waals surface area contributed by atoms with Gasteiger partial charge in [0, 0.05) is 29.4 Å². The molecule has 150 valence electrons. The number of hydrogen-bond donors (Lipinski definition) is 1. The summed E-state index contributed by atoms with van der Waals surface area (Å²) >= 11 is 0. The van der Waals surface area contributed by atoms with Crippen molar-refractivity contribution in [1.82, 2.24) is 14.8 Å². The van der Waals surface area contributed by atoms with Gasteiger partial charge in [-0.15, -0.1) is 0 Å². The minimum Gasteiger partial charge on any atom is -0.322 e. The average Bonchev–Trinajstić information content (AvgIpc) is 3.18. The number of pyridine rings is 1. The van der Waals surface area contributed by atoms with Gasteiger partial charge in [-0.3, -0.25) is 14.9 Å². The number of nitrogens with one attached hydrogen (secondary N) is 1. The van der Waals surface area contributed by atoms with Crippen LogP contribution in [0.15, 0.2) is 66.9 Å². The van der Waals surface area contributed by atoms with Gasteiger partial charge in [-0.2, -0.15) is 5.10 Å². The average molecular weight is 401 g/mol. The Balaban J connectivity index is 1.78. The van der Waals surface area contributed by atoms with E-state index in [1.54, 1.807) is 16.9 Å². The fourth-order valence-electron chi connectivity index (χ4n) is 3.21. The molecule has 2 aromatic carbocycles. The third kappa shape index (κ3) is 3.62. The predicted molar refractivity (Wildman–Crippen MR) is 114 cm³/mol. The lowest BCUT2D eigenvalue weighted by molar-refractivity contribution is -0.384. The number of nitro benzene ring substituents is 1. The van der Waals surface area contributed by atoms with Crippen LogP contribution in [-0.4, -0.2) is 25.6 Å². The number of hydrogen-bond acceptors (Lipinski definition) is 5. The van der Waals surface area contributed by atoms with Crippen LogP contribution in [0, 0.1) is 10.1 Å². The monoisotopic (exact) mass is 401 g/mol. The molecule has 30 heavy (non-hydrogen) atoms. The van der Waals surface area contributed by atoms with Crippen LogP contribution in [0.1, 0.15) is 30.2 Å². The maximum Gasteiger partial charge on any atom is 0.269 e. The van der Waals surface area contributed by atoms with E-state index in [4.69, 9.17) is 4.98 Å². The Labute approximate surface area is 172 Å². The van der Waals surface area contributed by atoms with Crippen molar-refractivity contribution in [2.75, 3.05) is 5.32 Å². The van der Waals surface area contributed by atoms with E-state index in [9.17, 15) is 14.9 Å². The molecule has 8 heteroatoms. The molecule has 1 N–H and O–H groups in total. The van der Waals surface area contributed by atoms with Crippen LogP contribution in [0.4, 0.5) is 11.4 Å². The van der Waals surface area contributed by atoms with Crippen molar-refractivity contribution in [2.24, 2.45) is 0 Å². The lowest BCUT2D eigenvalue weighted by atomic mass is 10.1. The number of anilines is 1. The number of nitrogens with zero attached hydrogens (tertiary/aromatic N) is 4. The van der Waals surface area contributed by atoms with Gasteiger partial charge in [-0.05, 0) is 32.0 Å². The van der Waals surface area contributed by atoms with Gasteiger partial charge in [-0.1, -0.05) is 30.3 Å². The summed E-state index contributed by atoms with van der Waals surface area (Å²) in [6.07, 6.45) is 1.64. The standard InChI is InChI=1S/C22H19N5O3/c1-14(2)26-21-19(13-23-26)18(12-20(25-21)15-6-4-3-5-7-15)22(28)24-16-8-10-17(11-9-16)27(29)30/h3-14H,1-2H3,(H,24,28). The van der Waals surface area contributed by atoms with Crippen LogP contribution in [-0.2, 0) is 0 Å². The van der Waals surface area contributed by atoms with Gasteiger partial charge < -0.3 is 5.32 Å². The van der Waals surface area contributed by atoms with E-state index in [1.807, 2.05) is 44.2 Å². The lowest BCUT2D eigenvalue weighted by Crippen LogP contribution is -2.13. The molecule has 0 radical (unpaired) electrons. The van der Waals surface area contributed by atoms with Gasteiger partial charge in [0.1, 0.15) is 0 Å². The first-order valence-electron chi connectivity index (χ1n) is 9.43. The fourth-order valence-corrected chi connectivity index (χ4v) is 3.21. The SMILES string of the molecule is CC(C)n1ncc2c(C(=O)Nc3ccc([N+](=O)[O-])cc3)cc(-c3ccccc3)nc21. The molecule has 0 fully saturated rings. The summed E-state index contributed by atoms with van der Waals surface area (Å²) < 4.78 is 1.78. The van der Waals surface area contributed by atoms with Gasteiger partial charge >= 0.3 is 0 Å². The summed E-state index contributed by atoms with van der Waals surface area (Å²) in [5, 5.41) is 18.7. The molecule has 0 bridgehead atoms. The smallest absolute Gasteiger partial charge is 0.269 e. The number of aromatic nitrogens is 3. The second-order valence-corrected chi connectivity index (χ2v) is 7.10. The van der Waals surface area contributed by atoms with Crippen molar-refractivity contribution in [1.29, 1.82) is 0 Å². The molecule has 0 atom stereocenters. The van der Waals surface area contributed by atoms with E-state index < -0.39 is 4.92 Å². The molecule has 4 aromatic rings. The first-order chi connectivity index (χ1) is 14.4. The molecule has 0 aliphatic heterocycles. The summed E-state index contributed by atoms with van der Waals surface area (Å²) in [7, 11) is 0. The first-order valence-corrected chi connectivity index (χ1v) is 9.43. The molecule has 0 unspecified atom stereocenters. The maximum atomic E-state index is 13.1. The van der Waals surface area contributed by atoms with Crippen LogP contribution in [0.3, 0.4) is 0 Å². The fraction of sp³-hybridized carbons (Fsp3) is 0.136. The third-order valence-corrected chi connectivity index (χ3v) is 4.71. The predicted octanol–water partition coefficient (Wildman–Crippen LogP) is 4.84. The second-order valence-electron chi connectivity index (χ2n) is 7.10. The highest BCUT2D eigenvalue weighted by molar-refractivity contribution is 6.12. The zero-order valence-corrected chi connectivity index (χ0v) is 16.4. The largest absolute Gasteiger partial charge is 0.322 e. The molecular formula is C22H19N5O3. The number of fused-ring (bicyclic) bond motifs is 1. The van der Waals surface area contributed by atoms with Crippen LogP contribution in [0.2, 0.25) is 0 Å². The van der Waals surface area contributed by atoms with Gasteiger partial charge in [0.2, 0.25) is 0 Å². The van der Waals surface area contributed by atoms with Crippen molar-refractivity contribution in [3.8, 4) is 11.3 Å². The molecule has 4 rings (SSSR count). The molecule has 2 aromatic heterocycles. The van der Waals surface area contributed by atoms with Crippen molar-refractivity contribution in [3.63, 3.8) is 0 Å². The number of non-ortho nitro benzene ring substituents is 1. The molecule has 2 heterocycles. The maximum absolute atomic E-state index is 13.1. The van der Waals surface area contributed by atoms with Crippen molar-refractivity contribution >= 4 is 28.3 Å². The Morgan fingerprint density at radius 2 is 1.80 bits per heavy atom. The molecule has 8 nitrogen and oxygen atoms in total. The minimum absolute atomic E-state index is 0.0381. The Bertz CT molecular complexity index is 1230. The van der Waals surface area contributed by atoms with E-state index >= 15 is 0 Å². The molecular weight excluding hydrogens is 382 g/mol. The van der Waals surface area contributed by atoms with Crippen LogP contribution in [0.5, 0.6) is 0 Å². The van der Waals surface area contributed by atoms with Gasteiger partial charge in [-0.25, -0.2) is 9.67 Å². The topological polar surface area (TPSA) is 103 Å². The summed E-state index contributed by atoms with van der Waals surface area (Å²) in [5.74, 6) is -0.336. The summed E-state index contributed by atoms with van der Waals surface area (Å²) in [6, 6.07) is 17.1. The number of carbonyl (C=O) groups is 1. The Kier molecular flexibility index (Phi) is 4.97. The zero-order valence-electron chi connectivity index (χ0n) is 16.4. The van der Waals surface area contributed by atoms with E-state index in [2.05, 4.69) is 10.4 Å². The number of benzene rings is 2. The third-order valence-electron chi connectivity index (χ3n) is 4.71. The van der Waals surface area contributed by atoms with Crippen molar-refractivity contribution in [3.05, 3.63) is 82.5 Å². The van der Waals surface area contributed by atoms with Crippen molar-refractivity contribution < 1.29 is 9.72 Å². The quantitative estimate of drug-likeness (QED) is 0.381. The summed E-state index contributed by atoms with van der Waals surface area (Å²) in [6.45, 7) is 4.00. The zero-order chi connectivity index (χ0) is 21.3. The minimum atomic E-state index is -0.482. The normalized spacial score (nSPS) is 11.0. The Morgan fingerprint density at radius 1 is 1.10 bits per heavy atom. The number of amides is 1. The van der Waals surface area contributed by atoms with E-state index in [0.717, 1.165) is 5.56 Å². The van der Waals surface area contributed by atoms with Crippen LogP contribution in [0.25, 0.3) is 22.3 Å². The molecule has 1 amide bonds. The highest BCUT2D eigenvalue weighted by Crippen LogP contribution is 2.27. The van der Waals surface area contributed by atoms with Gasteiger partial charge in [0.05, 0.1) is 27.8 Å². The number of rotatable bonds is 5. The second kappa shape index (κ2) is 7.75. The highest BCUT2D eigenvalue weighted by Gasteiger charge is 2.19. The van der Waals surface area contributed by atoms with Crippen LogP contribution < -0.4 is 5.32 Å². The number of nitro groups is 1. The summed E-state index contributed by atoms with van der Waals surface area (Å²) in [5.41, 5.74) is 3.04. The molecule has 0 aliphatic carbocycles. The number of carbonyl (C=O) groups excluding carboxylic acids is 1. The highest BCUT2D eigenvalue weighted by atomic mass is 16.6. The van der Waals surface area contributed by atoms with E-state index in [1.165, 1.54) is 24.3 Å². The van der Waals surface area contributed by atoms with Gasteiger partial charge in [0.25, 0.3) is 11.6 Å². The molecule has 0 saturated heterocycles. The first kappa shape index (κ1) is 19.3. The summed E-state index contributed by atoms with van der Waals surface area (Å²) in [4.78, 5) is 28.2. The van der Waals surface area contributed by atoms with Crippen LogP contribution >= 0.6 is 0 Å². The Hall–Kier alpha value is -4.07. The molecule has 0 spiro atoms. The Morgan fingerprint density at radius 3 is 2.43 bits per heavy atom. The van der Waals surface area contributed by atoms with Crippen molar-refractivity contribution in [2.45, 2.75) is 19.9 Å².